The average molecular weight is 524 g/mol. The lowest BCUT2D eigenvalue weighted by molar-refractivity contribution is 0.108. The Morgan fingerprint density at radius 2 is 1.63 bits per heavy atom. The number of hydrogen-bond acceptors (Lipinski definition) is 6. The number of thioether (sulfide) groups is 1. The van der Waals surface area contributed by atoms with Crippen molar-refractivity contribution in [2.24, 2.45) is 0 Å². The minimum Gasteiger partial charge on any atom is -0.422 e. The second-order valence-corrected chi connectivity index (χ2v) is 9.46. The van der Waals surface area contributed by atoms with Crippen LogP contribution in [-0.2, 0) is 0 Å². The van der Waals surface area contributed by atoms with Crippen molar-refractivity contribution in [3.8, 4) is 0 Å². The fourth-order valence-electron chi connectivity index (χ4n) is 2.54. The van der Waals surface area contributed by atoms with E-state index in [4.69, 9.17) is 4.42 Å². The zero-order chi connectivity index (χ0) is 19.1. The SMILES string of the molecule is O=C(Sc1cc2cc(Br)ccc2oc1=O)c1cc2cc(Br)ccc2sc1=O. The number of fused-ring (bicyclic) bond motifs is 2. The van der Waals surface area contributed by atoms with Crippen LogP contribution in [0.3, 0.4) is 0 Å². The molecule has 27 heavy (non-hydrogen) atoms. The summed E-state index contributed by atoms with van der Waals surface area (Å²) in [4.78, 5) is 37.4. The zero-order valence-corrected chi connectivity index (χ0v) is 18.1. The molecule has 2 aromatic heterocycles. The van der Waals surface area contributed by atoms with Crippen molar-refractivity contribution in [1.82, 2.24) is 0 Å². The van der Waals surface area contributed by atoms with Gasteiger partial charge in [0.25, 0.3) is 0 Å². The molecule has 4 aromatic rings. The van der Waals surface area contributed by atoms with Crippen LogP contribution in [0, 0.1) is 0 Å². The molecule has 2 heterocycles. The normalized spacial score (nSPS) is 11.2. The van der Waals surface area contributed by atoms with Gasteiger partial charge in [-0.3, -0.25) is 9.59 Å². The smallest absolute Gasteiger partial charge is 0.350 e. The molecule has 0 aliphatic heterocycles. The highest BCUT2D eigenvalue weighted by molar-refractivity contribution is 9.10. The van der Waals surface area contributed by atoms with Crippen LogP contribution < -0.4 is 10.4 Å². The Balaban J connectivity index is 1.76. The molecule has 0 radical (unpaired) electrons. The highest BCUT2D eigenvalue weighted by Gasteiger charge is 2.17. The quantitative estimate of drug-likeness (QED) is 0.244. The standard InChI is InChI=1S/C19H8Br2O4S2/c20-11-1-3-14-9(5-11)8-16(17(22)25-14)27-19(24)13-7-10-6-12(21)2-4-15(10)26-18(13)23/h1-8H. The fourth-order valence-corrected chi connectivity index (χ4v) is 4.97. The van der Waals surface area contributed by atoms with Crippen LogP contribution in [0.15, 0.2) is 76.4 Å². The monoisotopic (exact) mass is 522 g/mol. The van der Waals surface area contributed by atoms with Gasteiger partial charge in [-0.1, -0.05) is 43.2 Å². The minimum atomic E-state index is -0.608. The lowest BCUT2D eigenvalue weighted by Gasteiger charge is -2.03. The zero-order valence-electron chi connectivity index (χ0n) is 13.3. The van der Waals surface area contributed by atoms with Crippen LogP contribution in [-0.4, -0.2) is 5.12 Å². The molecule has 0 fully saturated rings. The van der Waals surface area contributed by atoms with Gasteiger partial charge in [0.15, 0.2) is 0 Å². The highest BCUT2D eigenvalue weighted by Crippen LogP contribution is 2.27. The summed E-state index contributed by atoms with van der Waals surface area (Å²) in [7, 11) is 0. The molecule has 8 heteroatoms. The Hall–Kier alpha value is -1.74. The maximum Gasteiger partial charge on any atom is 0.350 e. The van der Waals surface area contributed by atoms with E-state index >= 15 is 0 Å². The van der Waals surface area contributed by atoms with Gasteiger partial charge in [-0.25, -0.2) is 4.79 Å². The third-order valence-electron chi connectivity index (χ3n) is 3.78. The summed E-state index contributed by atoms with van der Waals surface area (Å²) in [5.41, 5.74) is -0.130. The van der Waals surface area contributed by atoms with E-state index in [-0.39, 0.29) is 15.2 Å². The molecule has 4 nitrogen and oxygen atoms in total. The van der Waals surface area contributed by atoms with Crippen LogP contribution in [0.1, 0.15) is 10.4 Å². The lowest BCUT2D eigenvalue weighted by Crippen LogP contribution is -2.11. The first-order valence-electron chi connectivity index (χ1n) is 7.60. The first-order chi connectivity index (χ1) is 12.9. The van der Waals surface area contributed by atoms with Gasteiger partial charge >= 0.3 is 5.63 Å². The van der Waals surface area contributed by atoms with Gasteiger partial charge in [-0.15, -0.1) is 0 Å². The third kappa shape index (κ3) is 3.80. The van der Waals surface area contributed by atoms with E-state index in [2.05, 4.69) is 31.9 Å². The molecule has 0 bridgehead atoms. The van der Waals surface area contributed by atoms with Crippen molar-refractivity contribution >= 4 is 81.1 Å². The van der Waals surface area contributed by atoms with Crippen LogP contribution >= 0.6 is 55.0 Å². The Bertz CT molecular complexity index is 1340. The second kappa shape index (κ2) is 7.35. The number of hydrogen-bond donors (Lipinski definition) is 0. The van der Waals surface area contributed by atoms with Crippen LogP contribution in [0.25, 0.3) is 21.1 Å². The summed E-state index contributed by atoms with van der Waals surface area (Å²) in [6, 6.07) is 13.9. The number of carbonyl (C=O) groups excluding carboxylic acids is 1. The molecule has 0 aliphatic carbocycles. The van der Waals surface area contributed by atoms with E-state index in [1.165, 1.54) is 0 Å². The van der Waals surface area contributed by atoms with Gasteiger partial charge in [-0.05, 0) is 65.7 Å². The largest absolute Gasteiger partial charge is 0.422 e. The van der Waals surface area contributed by atoms with E-state index in [1.54, 1.807) is 30.3 Å². The fraction of sp³-hybridized carbons (Fsp3) is 0. The molecule has 0 amide bonds. The highest BCUT2D eigenvalue weighted by atomic mass is 79.9. The van der Waals surface area contributed by atoms with Crippen LogP contribution in [0.4, 0.5) is 0 Å². The van der Waals surface area contributed by atoms with E-state index in [9.17, 15) is 14.4 Å². The first kappa shape index (κ1) is 18.6. The number of carbonyl (C=O) groups is 1. The molecule has 2 aromatic carbocycles. The number of halogens is 2. The van der Waals surface area contributed by atoms with E-state index in [1.807, 2.05) is 18.2 Å². The molecule has 0 unspecified atom stereocenters. The Kier molecular flexibility index (Phi) is 5.07. The topological polar surface area (TPSA) is 64.3 Å². The molecular weight excluding hydrogens is 516 g/mol. The predicted octanol–water partition coefficient (Wildman–Crippen LogP) is 5.83. The molecule has 0 N–H and O–H groups in total. The maximum absolute atomic E-state index is 12.7. The molecule has 4 rings (SSSR count). The molecule has 0 aliphatic rings. The molecule has 0 atom stereocenters. The van der Waals surface area contributed by atoms with Crippen molar-refractivity contribution in [2.75, 3.05) is 0 Å². The van der Waals surface area contributed by atoms with Crippen LogP contribution in [0.2, 0.25) is 0 Å². The van der Waals surface area contributed by atoms with Crippen molar-refractivity contribution in [3.05, 3.63) is 83.0 Å². The van der Waals surface area contributed by atoms with Crippen molar-refractivity contribution in [3.63, 3.8) is 0 Å². The summed E-state index contributed by atoms with van der Waals surface area (Å²) in [6.07, 6.45) is 0. The molecular formula is C19H8Br2O4S2. The van der Waals surface area contributed by atoms with Gasteiger partial charge in [0, 0.05) is 19.0 Å². The first-order valence-corrected chi connectivity index (χ1v) is 10.8. The van der Waals surface area contributed by atoms with Gasteiger partial charge in [0.05, 0.1) is 5.56 Å². The molecule has 0 saturated carbocycles. The molecule has 134 valence electrons. The summed E-state index contributed by atoms with van der Waals surface area (Å²) >= 11 is 8.46. The lowest BCUT2D eigenvalue weighted by atomic mass is 10.2. The third-order valence-corrected chi connectivity index (χ3v) is 6.67. The van der Waals surface area contributed by atoms with Crippen molar-refractivity contribution < 1.29 is 9.21 Å². The van der Waals surface area contributed by atoms with E-state index < -0.39 is 10.7 Å². The Labute approximate surface area is 177 Å². The number of rotatable bonds is 2. The number of benzene rings is 2. The van der Waals surface area contributed by atoms with Crippen LogP contribution in [0.5, 0.6) is 0 Å². The van der Waals surface area contributed by atoms with Crippen molar-refractivity contribution in [2.45, 2.75) is 4.90 Å². The van der Waals surface area contributed by atoms with E-state index in [0.29, 0.717) is 22.7 Å². The molecule has 0 saturated heterocycles. The second-order valence-electron chi connectivity index (χ2n) is 5.60. The van der Waals surface area contributed by atoms with Gasteiger partial charge in [-0.2, -0.15) is 0 Å². The average Bonchev–Trinajstić information content (AvgIpc) is 2.62. The Morgan fingerprint density at radius 3 is 2.41 bits per heavy atom. The Morgan fingerprint density at radius 1 is 0.926 bits per heavy atom. The van der Waals surface area contributed by atoms with Gasteiger partial charge in [0.2, 0.25) is 9.86 Å². The summed E-state index contributed by atoms with van der Waals surface area (Å²) in [5, 5.41) is 0.985. The van der Waals surface area contributed by atoms with Gasteiger partial charge in [0.1, 0.15) is 10.5 Å². The van der Waals surface area contributed by atoms with Crippen molar-refractivity contribution in [1.29, 1.82) is 0 Å². The summed E-state index contributed by atoms with van der Waals surface area (Å²) in [6.45, 7) is 0. The predicted molar refractivity (Wildman–Crippen MR) is 116 cm³/mol. The van der Waals surface area contributed by atoms with E-state index in [0.717, 1.165) is 30.4 Å². The summed E-state index contributed by atoms with van der Waals surface area (Å²) in [5.74, 6) is 0. The molecule has 0 spiro atoms. The minimum absolute atomic E-state index is 0.0457. The van der Waals surface area contributed by atoms with Gasteiger partial charge < -0.3 is 4.42 Å². The maximum atomic E-state index is 12.7. The summed E-state index contributed by atoms with van der Waals surface area (Å²) < 4.78 is 7.41.